The number of ether oxygens (including phenoxy) is 2. The molecule has 0 amide bonds. The minimum Gasteiger partial charge on any atom is -0.497 e. The van der Waals surface area contributed by atoms with E-state index in [9.17, 15) is 0 Å². The van der Waals surface area contributed by atoms with Gasteiger partial charge in [0, 0.05) is 25.5 Å². The van der Waals surface area contributed by atoms with Crippen molar-refractivity contribution in [1.82, 2.24) is 19.6 Å². The Hall–Kier alpha value is -3.61. The first-order chi connectivity index (χ1) is 13.8. The van der Waals surface area contributed by atoms with Crippen molar-refractivity contribution >= 4 is 11.5 Å². The van der Waals surface area contributed by atoms with E-state index in [-0.39, 0.29) is 0 Å². The molecule has 0 radical (unpaired) electrons. The van der Waals surface area contributed by atoms with Crippen LogP contribution in [0.5, 0.6) is 11.5 Å². The lowest BCUT2D eigenvalue weighted by Gasteiger charge is -2.24. The summed E-state index contributed by atoms with van der Waals surface area (Å²) < 4.78 is 12.3. The molecule has 0 saturated heterocycles. The van der Waals surface area contributed by atoms with Crippen LogP contribution in [0.1, 0.15) is 11.1 Å². The van der Waals surface area contributed by atoms with Crippen LogP contribution in [0.25, 0.3) is 5.65 Å². The molecule has 0 atom stereocenters. The first-order valence-corrected chi connectivity index (χ1v) is 8.92. The summed E-state index contributed by atoms with van der Waals surface area (Å²) in [4.78, 5) is 11.1. The number of nitrogens with zero attached hydrogens (tertiary/aromatic N) is 5. The smallest absolute Gasteiger partial charge is 0.196 e. The van der Waals surface area contributed by atoms with Crippen LogP contribution in [-0.2, 0) is 13.1 Å². The fraction of sp³-hybridized carbons (Fsp3) is 0.190. The molecule has 2 aromatic carbocycles. The van der Waals surface area contributed by atoms with Gasteiger partial charge >= 0.3 is 0 Å². The van der Waals surface area contributed by atoms with Crippen LogP contribution >= 0.6 is 0 Å². The number of rotatable bonds is 7. The van der Waals surface area contributed by atoms with Crippen LogP contribution in [0, 0.1) is 0 Å². The molecule has 0 spiro atoms. The van der Waals surface area contributed by atoms with Crippen LogP contribution in [0.15, 0.2) is 67.3 Å². The number of hydrogen-bond donors (Lipinski definition) is 0. The van der Waals surface area contributed by atoms with Gasteiger partial charge in [-0.15, -0.1) is 0 Å². The van der Waals surface area contributed by atoms with Crippen molar-refractivity contribution in [3.63, 3.8) is 0 Å². The Balaban J connectivity index is 1.67. The third-order valence-corrected chi connectivity index (χ3v) is 4.54. The number of imidazole rings is 1. The number of anilines is 1. The van der Waals surface area contributed by atoms with Crippen molar-refractivity contribution in [2.24, 2.45) is 0 Å². The van der Waals surface area contributed by atoms with Crippen molar-refractivity contribution < 1.29 is 9.47 Å². The fourth-order valence-electron chi connectivity index (χ4n) is 3.08. The van der Waals surface area contributed by atoms with Gasteiger partial charge in [-0.05, 0) is 35.4 Å². The maximum atomic E-state index is 5.26. The molecule has 4 aromatic rings. The number of benzene rings is 2. The molecule has 2 heterocycles. The predicted molar refractivity (Wildman–Crippen MR) is 107 cm³/mol. The van der Waals surface area contributed by atoms with Gasteiger partial charge in [0.15, 0.2) is 11.5 Å². The molecule has 7 nitrogen and oxygen atoms in total. The molecule has 0 aliphatic heterocycles. The van der Waals surface area contributed by atoms with Crippen molar-refractivity contribution in [1.29, 1.82) is 0 Å². The number of methoxy groups -OCH3 is 2. The molecule has 142 valence electrons. The van der Waals surface area contributed by atoms with Crippen LogP contribution in [-0.4, -0.2) is 33.8 Å². The highest BCUT2D eigenvalue weighted by Crippen LogP contribution is 2.23. The van der Waals surface area contributed by atoms with Crippen molar-refractivity contribution in [2.45, 2.75) is 13.1 Å². The Morgan fingerprint density at radius 2 is 1.39 bits per heavy atom. The molecule has 0 unspecified atom stereocenters. The van der Waals surface area contributed by atoms with Gasteiger partial charge in [-0.3, -0.25) is 0 Å². The summed E-state index contributed by atoms with van der Waals surface area (Å²) in [6.45, 7) is 1.35. The molecule has 0 N–H and O–H groups in total. The second-order valence-electron chi connectivity index (χ2n) is 6.33. The topological polar surface area (TPSA) is 64.8 Å². The Morgan fingerprint density at radius 1 is 0.821 bits per heavy atom. The number of fused-ring (bicyclic) bond motifs is 1. The quantitative estimate of drug-likeness (QED) is 0.494. The average molecular weight is 375 g/mol. The first kappa shape index (κ1) is 17.8. The van der Waals surface area contributed by atoms with E-state index in [1.165, 1.54) is 0 Å². The highest BCUT2D eigenvalue weighted by Gasteiger charge is 2.15. The standard InChI is InChI=1S/C21H21N5O2/c1-27-18-7-3-16(4-8-18)13-25(14-17-5-9-19(28-2)10-6-17)20-21-22-11-12-26(21)24-15-23-20/h3-12,15H,13-14H2,1-2H3. The van der Waals surface area contributed by atoms with E-state index >= 15 is 0 Å². The molecular weight excluding hydrogens is 354 g/mol. The van der Waals surface area contributed by atoms with Gasteiger partial charge in [-0.25, -0.2) is 14.5 Å². The largest absolute Gasteiger partial charge is 0.497 e. The second kappa shape index (κ2) is 7.96. The summed E-state index contributed by atoms with van der Waals surface area (Å²) in [5.41, 5.74) is 3.03. The molecule has 0 bridgehead atoms. The minimum atomic E-state index is 0.676. The lowest BCUT2D eigenvalue weighted by Crippen LogP contribution is -2.24. The van der Waals surface area contributed by atoms with Gasteiger partial charge in [-0.1, -0.05) is 24.3 Å². The summed E-state index contributed by atoms with van der Waals surface area (Å²) >= 11 is 0. The predicted octanol–water partition coefficient (Wildman–Crippen LogP) is 3.35. The maximum absolute atomic E-state index is 5.26. The molecular formula is C21H21N5O2. The fourth-order valence-corrected chi connectivity index (χ4v) is 3.08. The van der Waals surface area contributed by atoms with Crippen LogP contribution < -0.4 is 14.4 Å². The summed E-state index contributed by atoms with van der Waals surface area (Å²) in [7, 11) is 3.34. The van der Waals surface area contributed by atoms with Gasteiger partial charge in [0.25, 0.3) is 0 Å². The van der Waals surface area contributed by atoms with E-state index in [4.69, 9.17) is 9.47 Å². The monoisotopic (exact) mass is 375 g/mol. The Bertz CT molecular complexity index is 995. The van der Waals surface area contributed by atoms with Crippen LogP contribution in [0.3, 0.4) is 0 Å². The zero-order valence-corrected chi connectivity index (χ0v) is 15.8. The summed E-state index contributed by atoms with van der Waals surface area (Å²) in [5.74, 6) is 2.46. The number of hydrogen-bond acceptors (Lipinski definition) is 6. The van der Waals surface area contributed by atoms with E-state index < -0.39 is 0 Å². The normalized spacial score (nSPS) is 10.8. The van der Waals surface area contributed by atoms with Gasteiger partial charge in [0.05, 0.1) is 14.2 Å². The molecule has 4 rings (SSSR count). The van der Waals surface area contributed by atoms with E-state index in [0.29, 0.717) is 13.1 Å². The molecule has 0 saturated carbocycles. The Labute approximate surface area is 163 Å². The lowest BCUT2D eigenvalue weighted by molar-refractivity contribution is 0.414. The molecule has 7 heteroatoms. The Kier molecular flexibility index (Phi) is 5.05. The lowest BCUT2D eigenvalue weighted by atomic mass is 10.1. The highest BCUT2D eigenvalue weighted by molar-refractivity contribution is 5.63. The first-order valence-electron chi connectivity index (χ1n) is 8.92. The van der Waals surface area contributed by atoms with E-state index in [1.54, 1.807) is 31.3 Å². The summed E-state index contributed by atoms with van der Waals surface area (Å²) in [6.07, 6.45) is 5.10. The van der Waals surface area contributed by atoms with Crippen LogP contribution in [0.2, 0.25) is 0 Å². The van der Waals surface area contributed by atoms with Crippen molar-refractivity contribution in [2.75, 3.05) is 19.1 Å². The van der Waals surface area contributed by atoms with E-state index in [2.05, 4.69) is 44.2 Å². The SMILES string of the molecule is COc1ccc(CN(Cc2ccc(OC)cc2)c2ncnn3ccnc23)cc1. The van der Waals surface area contributed by atoms with Gasteiger partial charge in [0.2, 0.25) is 0 Å². The summed E-state index contributed by atoms with van der Waals surface area (Å²) in [6, 6.07) is 16.1. The van der Waals surface area contributed by atoms with Crippen molar-refractivity contribution in [3.8, 4) is 11.5 Å². The molecule has 2 aromatic heterocycles. The highest BCUT2D eigenvalue weighted by atomic mass is 16.5. The maximum Gasteiger partial charge on any atom is 0.196 e. The van der Waals surface area contributed by atoms with Gasteiger partial charge in [-0.2, -0.15) is 5.10 Å². The minimum absolute atomic E-state index is 0.676. The third-order valence-electron chi connectivity index (χ3n) is 4.54. The Morgan fingerprint density at radius 3 is 1.93 bits per heavy atom. The number of aromatic nitrogens is 4. The van der Waals surface area contributed by atoms with Gasteiger partial charge in [0.1, 0.15) is 17.8 Å². The van der Waals surface area contributed by atoms with E-state index in [0.717, 1.165) is 34.1 Å². The van der Waals surface area contributed by atoms with Crippen LogP contribution in [0.4, 0.5) is 5.82 Å². The van der Waals surface area contributed by atoms with Gasteiger partial charge < -0.3 is 14.4 Å². The zero-order valence-electron chi connectivity index (χ0n) is 15.8. The zero-order chi connectivity index (χ0) is 19.3. The van der Waals surface area contributed by atoms with E-state index in [1.807, 2.05) is 30.5 Å². The molecule has 0 aliphatic carbocycles. The molecule has 28 heavy (non-hydrogen) atoms. The second-order valence-corrected chi connectivity index (χ2v) is 6.33. The van der Waals surface area contributed by atoms with Crippen molar-refractivity contribution in [3.05, 3.63) is 78.4 Å². The molecule has 0 aliphatic rings. The average Bonchev–Trinajstić information content (AvgIpc) is 3.23. The third kappa shape index (κ3) is 3.73. The molecule has 0 fully saturated rings. The summed E-state index contributed by atoms with van der Waals surface area (Å²) in [5, 5.41) is 4.23.